The maximum Gasteiger partial charge on any atom is 0.252 e. The van der Waals surface area contributed by atoms with E-state index in [9.17, 15) is 0 Å². The van der Waals surface area contributed by atoms with Gasteiger partial charge < -0.3 is 5.32 Å². The minimum atomic E-state index is -0.0816. The normalized spacial score (nSPS) is 12.4. The summed E-state index contributed by atoms with van der Waals surface area (Å²) in [4.78, 5) is 17.3. The fourth-order valence-electron chi connectivity index (χ4n) is 2.28. The summed E-state index contributed by atoms with van der Waals surface area (Å²) in [5.74, 6) is 1.23. The first-order valence-electron chi connectivity index (χ1n) is 7.11. The lowest BCUT2D eigenvalue weighted by molar-refractivity contribution is 0.695. The molecule has 1 atom stereocenters. The van der Waals surface area contributed by atoms with E-state index in [0.29, 0.717) is 5.95 Å². The Balaban J connectivity index is 1.62. The lowest BCUT2D eigenvalue weighted by atomic mass is 10.3. The van der Waals surface area contributed by atoms with Gasteiger partial charge in [0.2, 0.25) is 0 Å². The summed E-state index contributed by atoms with van der Waals surface area (Å²) >= 11 is 1.61. The number of benzene rings is 1. The molecule has 0 spiro atoms. The molecule has 4 aromatic rings. The van der Waals surface area contributed by atoms with Gasteiger partial charge in [0.15, 0.2) is 11.0 Å². The van der Waals surface area contributed by atoms with E-state index < -0.39 is 0 Å². The molecule has 3 aromatic heterocycles. The SMILES string of the molecule is C[C@H](Nc1nc2ccccc2s1)c1ncnn1-c1ncccn1. The molecule has 0 bridgehead atoms. The zero-order valence-corrected chi connectivity index (χ0v) is 13.1. The van der Waals surface area contributed by atoms with Crippen molar-refractivity contribution in [1.82, 2.24) is 29.7 Å². The van der Waals surface area contributed by atoms with E-state index in [-0.39, 0.29) is 6.04 Å². The zero-order chi connectivity index (χ0) is 15.6. The number of rotatable bonds is 4. The van der Waals surface area contributed by atoms with Crippen molar-refractivity contribution in [1.29, 1.82) is 0 Å². The first-order chi connectivity index (χ1) is 11.3. The zero-order valence-electron chi connectivity index (χ0n) is 12.3. The van der Waals surface area contributed by atoms with Crippen molar-refractivity contribution in [3.63, 3.8) is 0 Å². The molecule has 4 rings (SSSR count). The highest BCUT2D eigenvalue weighted by Gasteiger charge is 2.17. The van der Waals surface area contributed by atoms with Crippen LogP contribution in [-0.4, -0.2) is 29.7 Å². The number of aromatic nitrogens is 6. The number of thiazole rings is 1. The summed E-state index contributed by atoms with van der Waals surface area (Å²) in [6.45, 7) is 2.01. The summed E-state index contributed by atoms with van der Waals surface area (Å²) in [5, 5.41) is 8.44. The second kappa shape index (κ2) is 5.73. The second-order valence-corrected chi connectivity index (χ2v) is 5.96. The molecule has 114 valence electrons. The van der Waals surface area contributed by atoms with E-state index >= 15 is 0 Å². The quantitative estimate of drug-likeness (QED) is 0.622. The number of hydrogen-bond donors (Lipinski definition) is 1. The maximum atomic E-state index is 4.58. The molecule has 0 radical (unpaired) electrons. The highest BCUT2D eigenvalue weighted by atomic mass is 32.1. The Morgan fingerprint density at radius 1 is 1.09 bits per heavy atom. The molecule has 0 aliphatic carbocycles. The van der Waals surface area contributed by atoms with Gasteiger partial charge >= 0.3 is 0 Å². The average Bonchev–Trinajstić information content (AvgIpc) is 3.22. The molecule has 0 aliphatic rings. The summed E-state index contributed by atoms with van der Waals surface area (Å²) < 4.78 is 2.78. The van der Waals surface area contributed by atoms with Gasteiger partial charge in [-0.05, 0) is 25.1 Å². The maximum absolute atomic E-state index is 4.58. The van der Waals surface area contributed by atoms with Crippen molar-refractivity contribution in [2.45, 2.75) is 13.0 Å². The third-order valence-corrected chi connectivity index (χ3v) is 4.30. The van der Waals surface area contributed by atoms with Crippen LogP contribution >= 0.6 is 11.3 Å². The number of para-hydroxylation sites is 1. The standard InChI is InChI=1S/C15H13N7S/c1-10(20-15-21-11-5-2-3-6-12(11)23-15)13-18-9-19-22(13)14-16-7-4-8-17-14/h2-10H,1H3,(H,20,21)/t10-/m0/s1. The van der Waals surface area contributed by atoms with Crippen molar-refractivity contribution < 1.29 is 0 Å². The molecule has 23 heavy (non-hydrogen) atoms. The van der Waals surface area contributed by atoms with Crippen LogP contribution in [0.1, 0.15) is 18.8 Å². The molecule has 8 heteroatoms. The highest BCUT2D eigenvalue weighted by Crippen LogP contribution is 2.28. The summed E-state index contributed by atoms with van der Waals surface area (Å²) in [5.41, 5.74) is 0.986. The van der Waals surface area contributed by atoms with Gasteiger partial charge in [-0.15, -0.1) is 0 Å². The van der Waals surface area contributed by atoms with E-state index in [2.05, 4.69) is 36.4 Å². The van der Waals surface area contributed by atoms with Gasteiger partial charge in [-0.25, -0.2) is 19.9 Å². The predicted octanol–water partition coefficient (Wildman–Crippen LogP) is 2.84. The van der Waals surface area contributed by atoms with Crippen molar-refractivity contribution in [2.24, 2.45) is 0 Å². The van der Waals surface area contributed by atoms with Gasteiger partial charge in [0.1, 0.15) is 6.33 Å². The fraction of sp³-hybridized carbons (Fsp3) is 0.133. The van der Waals surface area contributed by atoms with Crippen molar-refractivity contribution in [2.75, 3.05) is 5.32 Å². The molecule has 0 saturated carbocycles. The Bertz CT molecular complexity index is 898. The molecule has 0 saturated heterocycles. The van der Waals surface area contributed by atoms with Crippen LogP contribution in [0.15, 0.2) is 49.1 Å². The topological polar surface area (TPSA) is 81.4 Å². The molecular formula is C15H13N7S. The third kappa shape index (κ3) is 2.64. The number of fused-ring (bicyclic) bond motifs is 1. The molecule has 0 unspecified atom stereocenters. The summed E-state index contributed by atoms with van der Waals surface area (Å²) in [7, 11) is 0. The number of anilines is 1. The largest absolute Gasteiger partial charge is 0.352 e. The molecule has 0 amide bonds. The lowest BCUT2D eigenvalue weighted by Crippen LogP contribution is -2.15. The Morgan fingerprint density at radius 2 is 1.91 bits per heavy atom. The molecule has 1 aromatic carbocycles. The Hall–Kier alpha value is -2.87. The van der Waals surface area contributed by atoms with Crippen LogP contribution < -0.4 is 5.32 Å². The molecule has 3 heterocycles. The van der Waals surface area contributed by atoms with Crippen molar-refractivity contribution in [3.05, 3.63) is 54.9 Å². The van der Waals surface area contributed by atoms with Crippen LogP contribution in [0, 0.1) is 0 Å². The van der Waals surface area contributed by atoms with Crippen LogP contribution in [0.25, 0.3) is 16.2 Å². The van der Waals surface area contributed by atoms with Gasteiger partial charge in [0, 0.05) is 12.4 Å². The first kappa shape index (κ1) is 13.8. The van der Waals surface area contributed by atoms with E-state index in [1.165, 1.54) is 6.33 Å². The molecular weight excluding hydrogens is 310 g/mol. The molecule has 0 fully saturated rings. The number of hydrogen-bond acceptors (Lipinski definition) is 7. The van der Waals surface area contributed by atoms with E-state index in [1.54, 1.807) is 34.5 Å². The third-order valence-electron chi connectivity index (χ3n) is 3.34. The van der Waals surface area contributed by atoms with Gasteiger partial charge in [-0.3, -0.25) is 0 Å². The van der Waals surface area contributed by atoms with Gasteiger partial charge in [-0.2, -0.15) is 9.78 Å². The van der Waals surface area contributed by atoms with Crippen molar-refractivity contribution in [3.8, 4) is 5.95 Å². The second-order valence-electron chi connectivity index (χ2n) is 4.93. The van der Waals surface area contributed by atoms with Crippen LogP contribution in [0.5, 0.6) is 0 Å². The molecule has 0 aliphatic heterocycles. The Labute approximate surface area is 136 Å². The minimum Gasteiger partial charge on any atom is -0.352 e. The van der Waals surface area contributed by atoms with E-state index in [4.69, 9.17) is 0 Å². The van der Waals surface area contributed by atoms with Crippen LogP contribution in [-0.2, 0) is 0 Å². The average molecular weight is 323 g/mol. The summed E-state index contributed by atoms with van der Waals surface area (Å²) in [6.07, 6.45) is 4.86. The fourth-order valence-corrected chi connectivity index (χ4v) is 3.24. The molecule has 1 N–H and O–H groups in total. The first-order valence-corrected chi connectivity index (χ1v) is 7.92. The number of nitrogens with one attached hydrogen (secondary N) is 1. The van der Waals surface area contributed by atoms with Gasteiger partial charge in [-0.1, -0.05) is 23.5 Å². The van der Waals surface area contributed by atoms with E-state index in [1.807, 2.05) is 25.1 Å². The Kier molecular flexibility index (Phi) is 3.43. The van der Waals surface area contributed by atoms with Crippen LogP contribution in [0.3, 0.4) is 0 Å². The molecule has 7 nitrogen and oxygen atoms in total. The van der Waals surface area contributed by atoms with Gasteiger partial charge in [0.05, 0.1) is 16.3 Å². The predicted molar refractivity (Wildman–Crippen MR) is 88.6 cm³/mol. The van der Waals surface area contributed by atoms with Gasteiger partial charge in [0.25, 0.3) is 5.95 Å². The van der Waals surface area contributed by atoms with Crippen LogP contribution in [0.4, 0.5) is 5.13 Å². The monoisotopic (exact) mass is 323 g/mol. The summed E-state index contributed by atoms with van der Waals surface area (Å²) in [6, 6.07) is 9.74. The minimum absolute atomic E-state index is 0.0816. The highest BCUT2D eigenvalue weighted by molar-refractivity contribution is 7.22. The smallest absolute Gasteiger partial charge is 0.252 e. The Morgan fingerprint density at radius 3 is 2.74 bits per heavy atom. The van der Waals surface area contributed by atoms with E-state index in [0.717, 1.165) is 21.2 Å². The number of nitrogens with zero attached hydrogens (tertiary/aromatic N) is 6. The van der Waals surface area contributed by atoms with Crippen molar-refractivity contribution >= 4 is 26.7 Å². The lowest BCUT2D eigenvalue weighted by Gasteiger charge is -2.12. The van der Waals surface area contributed by atoms with Crippen LogP contribution in [0.2, 0.25) is 0 Å².